The van der Waals surface area contributed by atoms with Crippen LogP contribution in [0.25, 0.3) is 11.1 Å². The molecule has 0 unspecified atom stereocenters. The number of likely N-dealkylation sites (tertiary alicyclic amines) is 1. The number of nitrogens with two attached hydrogens (primary N) is 1. The Balaban J connectivity index is 1.45. The van der Waals surface area contributed by atoms with Crippen molar-refractivity contribution in [2.45, 2.75) is 43.5 Å². The maximum absolute atomic E-state index is 13.8. The summed E-state index contributed by atoms with van der Waals surface area (Å²) in [4.78, 5) is 31.4. The molecular formula is C31H36Cl2N6O2S. The molecule has 222 valence electrons. The van der Waals surface area contributed by atoms with Crippen LogP contribution in [0.1, 0.15) is 43.2 Å². The lowest BCUT2D eigenvalue weighted by atomic mass is 9.91. The normalized spacial score (nSPS) is 13.5. The number of hydrogen-bond donors (Lipinski definition) is 4. The van der Waals surface area contributed by atoms with Gasteiger partial charge in [-0.2, -0.15) is 4.83 Å². The highest BCUT2D eigenvalue weighted by Crippen LogP contribution is 2.32. The molecule has 3 amide bonds. The molecule has 3 aromatic carbocycles. The smallest absolute Gasteiger partial charge is 0.335 e. The molecule has 0 bridgehead atoms. The number of rotatable bonds is 11. The van der Waals surface area contributed by atoms with Crippen molar-refractivity contribution in [2.75, 3.05) is 20.1 Å². The van der Waals surface area contributed by atoms with E-state index in [-0.39, 0.29) is 17.8 Å². The van der Waals surface area contributed by atoms with Crippen LogP contribution in [0.5, 0.6) is 0 Å². The zero-order valence-corrected chi connectivity index (χ0v) is 25.9. The average Bonchev–Trinajstić information content (AvgIpc) is 2.99. The summed E-state index contributed by atoms with van der Waals surface area (Å²) in [7, 11) is 1.66. The van der Waals surface area contributed by atoms with Crippen molar-refractivity contribution in [3.8, 4) is 11.1 Å². The second-order valence-electron chi connectivity index (χ2n) is 10.3. The first-order valence-electron chi connectivity index (χ1n) is 13.9. The lowest BCUT2D eigenvalue weighted by Gasteiger charge is -2.35. The topological polar surface area (TPSA) is 115 Å². The fourth-order valence-electron chi connectivity index (χ4n) is 4.98. The minimum Gasteiger partial charge on any atom is -0.384 e. The molecule has 0 spiro atoms. The molecule has 0 aliphatic carbocycles. The van der Waals surface area contributed by atoms with Crippen molar-refractivity contribution in [3.63, 3.8) is 0 Å². The first-order chi connectivity index (χ1) is 20.2. The first-order valence-corrected chi connectivity index (χ1v) is 15.5. The van der Waals surface area contributed by atoms with Crippen LogP contribution in [0, 0.1) is 11.3 Å². The summed E-state index contributed by atoms with van der Waals surface area (Å²) in [6.07, 6.45) is 4.19. The van der Waals surface area contributed by atoms with Gasteiger partial charge in [-0.15, -0.1) is 0 Å². The van der Waals surface area contributed by atoms with Crippen molar-refractivity contribution < 1.29 is 9.59 Å². The Bertz CT molecular complexity index is 1410. The second-order valence-corrected chi connectivity index (χ2v) is 12.0. The molecule has 11 heteroatoms. The van der Waals surface area contributed by atoms with Crippen molar-refractivity contribution in [3.05, 3.63) is 87.9 Å². The molecule has 8 nitrogen and oxygen atoms in total. The van der Waals surface area contributed by atoms with Crippen LogP contribution < -0.4 is 15.9 Å². The van der Waals surface area contributed by atoms with Gasteiger partial charge in [-0.05, 0) is 85.0 Å². The van der Waals surface area contributed by atoms with E-state index < -0.39 is 0 Å². The van der Waals surface area contributed by atoms with Crippen LogP contribution in [-0.4, -0.2) is 47.8 Å². The maximum atomic E-state index is 13.8. The number of carbonyl (C=O) groups excluding carboxylic acids is 2. The fourth-order valence-corrected chi connectivity index (χ4v) is 6.19. The van der Waals surface area contributed by atoms with Gasteiger partial charge in [0.2, 0.25) is 5.91 Å². The molecule has 4 rings (SSSR count). The molecule has 0 aromatic heterocycles. The number of benzene rings is 3. The van der Waals surface area contributed by atoms with E-state index >= 15 is 0 Å². The summed E-state index contributed by atoms with van der Waals surface area (Å²) >= 11 is 13.9. The zero-order valence-electron chi connectivity index (χ0n) is 23.5. The number of urea groups is 1. The summed E-state index contributed by atoms with van der Waals surface area (Å²) in [5, 5.41) is 13.2. The van der Waals surface area contributed by atoms with Gasteiger partial charge >= 0.3 is 6.03 Å². The molecule has 1 fully saturated rings. The van der Waals surface area contributed by atoms with E-state index in [4.69, 9.17) is 34.3 Å². The molecule has 1 aliphatic heterocycles. The average molecular weight is 628 g/mol. The van der Waals surface area contributed by atoms with Crippen LogP contribution in [-0.2, 0) is 11.3 Å². The van der Waals surface area contributed by atoms with Gasteiger partial charge in [0.1, 0.15) is 5.84 Å². The van der Waals surface area contributed by atoms with Gasteiger partial charge in [0.25, 0.3) is 0 Å². The van der Waals surface area contributed by atoms with Crippen LogP contribution in [0.15, 0.2) is 71.6 Å². The minimum absolute atomic E-state index is 0.0202. The number of piperidine rings is 1. The Morgan fingerprint density at radius 1 is 1.07 bits per heavy atom. The third-order valence-corrected chi connectivity index (χ3v) is 8.69. The SMILES string of the molecule is CNC(=O)CCCC1CCN(C(=O)N(Cc2cccc(C(=N)N)c2)NSc2cccc(-c3ccc(Cl)cc3Cl)c2)CC1. The summed E-state index contributed by atoms with van der Waals surface area (Å²) < 4.78 is 0. The van der Waals surface area contributed by atoms with Crippen molar-refractivity contribution in [2.24, 2.45) is 11.7 Å². The maximum Gasteiger partial charge on any atom is 0.335 e. The summed E-state index contributed by atoms with van der Waals surface area (Å²) in [6, 6.07) is 20.6. The standard InChI is InChI=1S/C31H36Cl2N6O2S/c1-36-29(40)10-3-5-21-13-15-38(16-14-21)31(41)39(20-22-6-2-8-24(17-22)30(34)35)37-42-26-9-4-7-23(18-26)27-12-11-25(32)19-28(27)33/h2,4,6-9,11-12,17-19,21,37H,3,5,10,13-16,20H2,1H3,(H3,34,35)(H,36,40). The van der Waals surface area contributed by atoms with E-state index in [0.717, 1.165) is 47.3 Å². The molecule has 0 saturated carbocycles. The van der Waals surface area contributed by atoms with Crippen LogP contribution in [0.3, 0.4) is 0 Å². The van der Waals surface area contributed by atoms with Crippen molar-refractivity contribution in [1.29, 1.82) is 5.41 Å². The Morgan fingerprint density at radius 2 is 1.83 bits per heavy atom. The highest BCUT2D eigenvalue weighted by molar-refractivity contribution is 7.97. The van der Waals surface area contributed by atoms with Gasteiger partial charge in [-0.3, -0.25) is 10.2 Å². The van der Waals surface area contributed by atoms with Crippen LogP contribution in [0.4, 0.5) is 4.79 Å². The number of carbonyl (C=O) groups is 2. The number of amides is 3. The number of halogens is 2. The zero-order chi connectivity index (χ0) is 30.1. The first kappa shape index (κ1) is 31.7. The van der Waals surface area contributed by atoms with Gasteiger partial charge in [-0.25, -0.2) is 9.80 Å². The molecule has 5 N–H and O–H groups in total. The monoisotopic (exact) mass is 626 g/mol. The third-order valence-electron chi connectivity index (χ3n) is 7.34. The Morgan fingerprint density at radius 3 is 2.55 bits per heavy atom. The van der Waals surface area contributed by atoms with Crippen molar-refractivity contribution in [1.82, 2.24) is 20.1 Å². The highest BCUT2D eigenvalue weighted by atomic mass is 35.5. The van der Waals surface area contributed by atoms with E-state index in [1.807, 2.05) is 59.5 Å². The third kappa shape index (κ3) is 8.88. The Labute approximate surface area is 261 Å². The second kappa shape index (κ2) is 15.3. The minimum atomic E-state index is -0.114. The van der Waals surface area contributed by atoms with E-state index in [1.165, 1.54) is 11.9 Å². The lowest BCUT2D eigenvalue weighted by molar-refractivity contribution is -0.120. The van der Waals surface area contributed by atoms with E-state index in [9.17, 15) is 9.59 Å². The van der Waals surface area contributed by atoms with Crippen molar-refractivity contribution >= 4 is 52.9 Å². The Hall–Kier alpha value is -3.24. The molecule has 42 heavy (non-hydrogen) atoms. The van der Waals surface area contributed by atoms with Gasteiger partial charge in [-0.1, -0.05) is 59.6 Å². The van der Waals surface area contributed by atoms with Crippen LogP contribution in [0.2, 0.25) is 10.0 Å². The number of nitrogen functional groups attached to an aromatic ring is 1. The number of hydrazine groups is 1. The summed E-state index contributed by atoms with van der Waals surface area (Å²) in [6.45, 7) is 1.61. The largest absolute Gasteiger partial charge is 0.384 e. The molecule has 0 radical (unpaired) electrons. The molecule has 1 aliphatic rings. The van der Waals surface area contributed by atoms with Crippen LogP contribution >= 0.6 is 35.1 Å². The van der Waals surface area contributed by atoms with Gasteiger partial charge in [0, 0.05) is 52.6 Å². The molecule has 3 aromatic rings. The van der Waals surface area contributed by atoms with E-state index in [1.54, 1.807) is 24.2 Å². The predicted octanol–water partition coefficient (Wildman–Crippen LogP) is 6.71. The highest BCUT2D eigenvalue weighted by Gasteiger charge is 2.27. The van der Waals surface area contributed by atoms with Gasteiger partial charge in [0.05, 0.1) is 6.54 Å². The molecule has 1 heterocycles. The number of nitrogens with one attached hydrogen (secondary N) is 3. The predicted molar refractivity (Wildman–Crippen MR) is 172 cm³/mol. The molecule has 0 atom stereocenters. The van der Waals surface area contributed by atoms with Gasteiger partial charge in [0.15, 0.2) is 0 Å². The number of amidine groups is 1. The fraction of sp³-hybridized carbons (Fsp3) is 0.323. The van der Waals surface area contributed by atoms with E-state index in [0.29, 0.717) is 47.6 Å². The van der Waals surface area contributed by atoms with E-state index in [2.05, 4.69) is 10.1 Å². The number of nitrogens with zero attached hydrogens (tertiary/aromatic N) is 2. The number of hydrogen-bond acceptors (Lipinski definition) is 5. The summed E-state index contributed by atoms with van der Waals surface area (Å²) in [5.41, 5.74) is 8.99. The van der Waals surface area contributed by atoms with Gasteiger partial charge < -0.3 is 16.0 Å². The quantitative estimate of drug-likeness (QED) is 0.0817. The summed E-state index contributed by atoms with van der Waals surface area (Å²) in [5.74, 6) is 0.551. The molecule has 1 saturated heterocycles. The lowest BCUT2D eigenvalue weighted by Crippen LogP contribution is -2.49. The Kier molecular flexibility index (Phi) is 11.5. The molecular weight excluding hydrogens is 591 g/mol.